The van der Waals surface area contributed by atoms with Crippen LogP contribution in [0.5, 0.6) is 0 Å². The Bertz CT molecular complexity index is 1350. The number of aromatic nitrogens is 2. The molecule has 0 bridgehead atoms. The molecule has 1 saturated heterocycles. The van der Waals surface area contributed by atoms with Gasteiger partial charge in [0.1, 0.15) is 0 Å². The molecule has 0 unspecified atom stereocenters. The lowest BCUT2D eigenvalue weighted by atomic mass is 10.1. The van der Waals surface area contributed by atoms with Gasteiger partial charge in [-0.25, -0.2) is 22.0 Å². The molecule has 1 fully saturated rings. The van der Waals surface area contributed by atoms with E-state index in [1.165, 1.54) is 12.1 Å². The number of rotatable bonds is 6. The highest BCUT2D eigenvalue weighted by Gasteiger charge is 2.27. The van der Waals surface area contributed by atoms with Crippen LogP contribution in [0.1, 0.15) is 24.8 Å². The van der Waals surface area contributed by atoms with Crippen LogP contribution in [0.25, 0.3) is 11.3 Å². The molecule has 11 heteroatoms. The van der Waals surface area contributed by atoms with Gasteiger partial charge in [-0.1, -0.05) is 18.6 Å². The van der Waals surface area contributed by atoms with Crippen LogP contribution in [-0.4, -0.2) is 44.4 Å². The van der Waals surface area contributed by atoms with E-state index in [0.717, 1.165) is 19.3 Å². The number of benzene rings is 2. The van der Waals surface area contributed by atoms with Gasteiger partial charge in [0, 0.05) is 24.3 Å². The van der Waals surface area contributed by atoms with E-state index in [1.807, 2.05) is 6.07 Å². The molecule has 0 radical (unpaired) electrons. The molecule has 0 spiro atoms. The van der Waals surface area contributed by atoms with Gasteiger partial charge in [0.05, 0.1) is 15.5 Å². The smallest absolute Gasteiger partial charge is 0.243 e. The highest BCUT2D eigenvalue weighted by atomic mass is 32.2. The molecule has 1 aromatic heterocycles. The summed E-state index contributed by atoms with van der Waals surface area (Å²) in [5.74, 6) is 0.454. The second kappa shape index (κ2) is 9.18. The van der Waals surface area contributed by atoms with Crippen LogP contribution in [0.4, 0.5) is 11.5 Å². The van der Waals surface area contributed by atoms with Gasteiger partial charge in [0.2, 0.25) is 20.0 Å². The summed E-state index contributed by atoms with van der Waals surface area (Å²) in [5.41, 5.74) is 2.51. The lowest BCUT2D eigenvalue weighted by molar-refractivity contribution is 0.346. The van der Waals surface area contributed by atoms with Crippen molar-refractivity contribution in [1.29, 1.82) is 0 Å². The van der Waals surface area contributed by atoms with E-state index in [0.29, 0.717) is 46.3 Å². The monoisotopic (exact) mass is 487 g/mol. The van der Waals surface area contributed by atoms with E-state index >= 15 is 0 Å². The van der Waals surface area contributed by atoms with E-state index < -0.39 is 20.0 Å². The van der Waals surface area contributed by atoms with Crippen LogP contribution in [0.3, 0.4) is 0 Å². The van der Waals surface area contributed by atoms with E-state index in [-0.39, 0.29) is 4.90 Å². The molecule has 0 atom stereocenters. The Morgan fingerprint density at radius 3 is 2.18 bits per heavy atom. The van der Waals surface area contributed by atoms with Crippen molar-refractivity contribution in [2.45, 2.75) is 36.0 Å². The number of sulfonamides is 2. The number of nitrogens with zero attached hydrogens (tertiary/aromatic N) is 3. The molecular formula is C22H25N5O4S2. The van der Waals surface area contributed by atoms with Gasteiger partial charge in [0.25, 0.3) is 0 Å². The van der Waals surface area contributed by atoms with Crippen LogP contribution in [0, 0.1) is 6.92 Å². The predicted octanol–water partition coefficient (Wildman–Crippen LogP) is 3.02. The molecule has 0 saturated carbocycles. The number of anilines is 2. The summed E-state index contributed by atoms with van der Waals surface area (Å²) < 4.78 is 50.6. The van der Waals surface area contributed by atoms with Gasteiger partial charge < -0.3 is 5.32 Å². The molecule has 2 aromatic carbocycles. The van der Waals surface area contributed by atoms with Crippen molar-refractivity contribution >= 4 is 31.6 Å². The van der Waals surface area contributed by atoms with Crippen molar-refractivity contribution in [1.82, 2.24) is 14.5 Å². The molecule has 9 nitrogen and oxygen atoms in total. The van der Waals surface area contributed by atoms with E-state index in [1.54, 1.807) is 47.6 Å². The van der Waals surface area contributed by atoms with Crippen molar-refractivity contribution < 1.29 is 16.8 Å². The van der Waals surface area contributed by atoms with Crippen molar-refractivity contribution in [3.05, 3.63) is 60.2 Å². The van der Waals surface area contributed by atoms with Crippen LogP contribution in [0.15, 0.2) is 64.4 Å². The van der Waals surface area contributed by atoms with E-state index in [9.17, 15) is 16.8 Å². The first kappa shape index (κ1) is 23.3. The van der Waals surface area contributed by atoms with E-state index in [4.69, 9.17) is 5.14 Å². The predicted molar refractivity (Wildman–Crippen MR) is 126 cm³/mol. The fourth-order valence-electron chi connectivity index (χ4n) is 3.71. The summed E-state index contributed by atoms with van der Waals surface area (Å²) in [5, 5.41) is 16.5. The zero-order valence-corrected chi connectivity index (χ0v) is 19.7. The minimum atomic E-state index is -3.75. The highest BCUT2D eigenvalue weighted by molar-refractivity contribution is 7.89. The normalized spacial score (nSPS) is 15.3. The van der Waals surface area contributed by atoms with Crippen molar-refractivity contribution in [3.63, 3.8) is 0 Å². The quantitative estimate of drug-likeness (QED) is 0.545. The van der Waals surface area contributed by atoms with Crippen LogP contribution >= 0.6 is 0 Å². The minimum absolute atomic E-state index is 0.0177. The number of aryl methyl sites for hydroxylation is 1. The van der Waals surface area contributed by atoms with Crippen LogP contribution in [-0.2, 0) is 20.0 Å². The summed E-state index contributed by atoms with van der Waals surface area (Å²) >= 11 is 0. The fourth-order valence-corrected chi connectivity index (χ4v) is 5.99. The Morgan fingerprint density at radius 1 is 0.879 bits per heavy atom. The Morgan fingerprint density at radius 2 is 1.58 bits per heavy atom. The van der Waals surface area contributed by atoms with Gasteiger partial charge in [-0.15, -0.1) is 10.2 Å². The molecule has 174 valence electrons. The van der Waals surface area contributed by atoms with Crippen molar-refractivity contribution in [2.75, 3.05) is 18.4 Å². The summed E-state index contributed by atoms with van der Waals surface area (Å²) in [6, 6.07) is 14.7. The average Bonchev–Trinajstić information content (AvgIpc) is 2.80. The molecule has 3 aromatic rings. The highest BCUT2D eigenvalue weighted by Crippen LogP contribution is 2.28. The number of hydrogen-bond acceptors (Lipinski definition) is 7. The third kappa shape index (κ3) is 5.22. The number of primary sulfonamides is 1. The fraction of sp³-hybridized carbons (Fsp3) is 0.273. The lowest BCUT2D eigenvalue weighted by Crippen LogP contribution is -2.35. The second-order valence-corrected chi connectivity index (χ2v) is 11.4. The lowest BCUT2D eigenvalue weighted by Gasteiger charge is -2.26. The topological polar surface area (TPSA) is 135 Å². The van der Waals surface area contributed by atoms with Gasteiger partial charge in [-0.2, -0.15) is 4.31 Å². The number of hydrogen-bond donors (Lipinski definition) is 2. The first-order valence-electron chi connectivity index (χ1n) is 10.5. The Balaban J connectivity index is 1.55. The molecule has 1 aliphatic rings. The minimum Gasteiger partial charge on any atom is -0.339 e. The van der Waals surface area contributed by atoms with Crippen molar-refractivity contribution in [3.8, 4) is 11.3 Å². The Kier molecular flexibility index (Phi) is 6.48. The molecule has 0 aliphatic carbocycles. The Labute approximate surface area is 193 Å². The summed E-state index contributed by atoms with van der Waals surface area (Å²) in [4.78, 5) is 0.310. The molecule has 33 heavy (non-hydrogen) atoms. The third-order valence-electron chi connectivity index (χ3n) is 5.54. The maximum Gasteiger partial charge on any atom is 0.243 e. The van der Waals surface area contributed by atoms with Gasteiger partial charge in [-0.3, -0.25) is 0 Å². The number of piperidine rings is 1. The molecule has 0 amide bonds. The molecule has 3 N–H and O–H groups in total. The molecule has 4 rings (SSSR count). The summed E-state index contributed by atoms with van der Waals surface area (Å²) in [7, 11) is -7.32. The maximum atomic E-state index is 13.2. The average molecular weight is 488 g/mol. The number of nitrogens with two attached hydrogens (primary N) is 1. The SMILES string of the molecule is Cc1ccc(-c2ccc(Nc3ccc(S(N)(=O)=O)cc3)nn2)cc1S(=O)(=O)N1CCCCC1. The molecule has 2 heterocycles. The Hall–Kier alpha value is -2.86. The summed E-state index contributed by atoms with van der Waals surface area (Å²) in [6.45, 7) is 2.88. The van der Waals surface area contributed by atoms with E-state index in [2.05, 4.69) is 15.5 Å². The molecule has 1 aliphatic heterocycles. The van der Waals surface area contributed by atoms with Crippen LogP contribution < -0.4 is 10.5 Å². The first-order valence-corrected chi connectivity index (χ1v) is 13.5. The molecular weight excluding hydrogens is 462 g/mol. The maximum absolute atomic E-state index is 13.2. The van der Waals surface area contributed by atoms with Crippen LogP contribution in [0.2, 0.25) is 0 Å². The van der Waals surface area contributed by atoms with Gasteiger partial charge >= 0.3 is 0 Å². The van der Waals surface area contributed by atoms with Crippen molar-refractivity contribution in [2.24, 2.45) is 5.14 Å². The summed E-state index contributed by atoms with van der Waals surface area (Å²) in [6.07, 6.45) is 2.81. The zero-order chi connectivity index (χ0) is 23.6. The number of nitrogens with one attached hydrogen (secondary N) is 1. The third-order valence-corrected chi connectivity index (χ3v) is 8.51. The zero-order valence-electron chi connectivity index (χ0n) is 18.1. The van der Waals surface area contributed by atoms with Gasteiger partial charge in [-0.05, 0) is 67.8 Å². The standard InChI is InChI=1S/C22H25N5O4S2/c1-16-5-6-17(15-21(16)33(30,31)27-13-3-2-4-14-27)20-11-12-22(26-25-20)24-18-7-9-19(10-8-18)32(23,28)29/h5-12,15H,2-4,13-14H2,1H3,(H,24,26)(H2,23,28,29). The van der Waals surface area contributed by atoms with Gasteiger partial charge in [0.15, 0.2) is 5.82 Å². The largest absolute Gasteiger partial charge is 0.339 e. The second-order valence-electron chi connectivity index (χ2n) is 7.94. The first-order chi connectivity index (χ1) is 15.6.